The van der Waals surface area contributed by atoms with Gasteiger partial charge < -0.3 is 4.52 Å². The highest BCUT2D eigenvalue weighted by Gasteiger charge is 2.35. The summed E-state index contributed by atoms with van der Waals surface area (Å²) in [5.41, 5.74) is 0. The molecule has 1 fully saturated rings. The Morgan fingerprint density at radius 1 is 1.47 bits per heavy atom. The molecule has 0 amide bonds. The smallest absolute Gasteiger partial charge is 0.306 e. The zero-order valence-electron chi connectivity index (χ0n) is 8.79. The highest BCUT2D eigenvalue weighted by molar-refractivity contribution is 7.54. The molecule has 0 unspecified atom stereocenters. The third-order valence-corrected chi connectivity index (χ3v) is 5.04. The SMILES string of the molecule is C[C@H]1CCO[P@](=O)(N(CCCl)CCCl)N1. The van der Waals surface area contributed by atoms with Crippen molar-refractivity contribution in [2.24, 2.45) is 0 Å². The summed E-state index contributed by atoms with van der Waals surface area (Å²) < 4.78 is 19.5. The second-order valence-corrected chi connectivity index (χ2v) is 6.38. The Hall–Kier alpha value is 0.690. The Bertz CT molecular complexity index is 237. The maximum absolute atomic E-state index is 12.4. The fraction of sp³-hybridized carbons (Fsp3) is 1.00. The first-order valence-corrected chi connectivity index (χ1v) is 7.67. The van der Waals surface area contributed by atoms with E-state index < -0.39 is 7.67 Å². The van der Waals surface area contributed by atoms with Gasteiger partial charge in [-0.15, -0.1) is 23.2 Å². The van der Waals surface area contributed by atoms with Gasteiger partial charge in [-0.3, -0.25) is 4.57 Å². The van der Waals surface area contributed by atoms with Crippen LogP contribution in [0, 0.1) is 0 Å². The molecule has 1 aliphatic heterocycles. The van der Waals surface area contributed by atoms with Crippen LogP contribution in [0.25, 0.3) is 0 Å². The van der Waals surface area contributed by atoms with Crippen molar-refractivity contribution in [3.05, 3.63) is 0 Å². The summed E-state index contributed by atoms with van der Waals surface area (Å²) in [5, 5.41) is 3.00. The van der Waals surface area contributed by atoms with Crippen LogP contribution in [0.1, 0.15) is 13.3 Å². The van der Waals surface area contributed by atoms with Crippen LogP contribution in [0.5, 0.6) is 0 Å². The van der Waals surface area contributed by atoms with E-state index in [1.807, 2.05) is 6.92 Å². The molecule has 1 saturated heterocycles. The molecule has 0 aromatic rings. The molecule has 0 aromatic carbocycles. The molecule has 90 valence electrons. The van der Waals surface area contributed by atoms with Crippen molar-refractivity contribution >= 4 is 30.9 Å². The van der Waals surface area contributed by atoms with E-state index in [1.54, 1.807) is 4.67 Å². The lowest BCUT2D eigenvalue weighted by atomic mass is 10.3. The number of hydrogen-bond donors (Lipinski definition) is 1. The van der Waals surface area contributed by atoms with Crippen LogP contribution in [0.2, 0.25) is 0 Å². The van der Waals surface area contributed by atoms with Crippen LogP contribution < -0.4 is 5.09 Å². The molecule has 0 aromatic heterocycles. The van der Waals surface area contributed by atoms with E-state index in [9.17, 15) is 4.57 Å². The number of alkyl halides is 2. The maximum Gasteiger partial charge on any atom is 0.343 e. The van der Waals surface area contributed by atoms with Crippen LogP contribution >= 0.6 is 30.9 Å². The Kier molecular flexibility index (Phi) is 5.90. The van der Waals surface area contributed by atoms with Crippen molar-refractivity contribution in [1.29, 1.82) is 0 Å². The van der Waals surface area contributed by atoms with Gasteiger partial charge in [0.1, 0.15) is 0 Å². The minimum atomic E-state index is -2.90. The van der Waals surface area contributed by atoms with E-state index in [2.05, 4.69) is 5.09 Å². The molecule has 7 heteroatoms. The summed E-state index contributed by atoms with van der Waals surface area (Å²) in [6.07, 6.45) is 0.875. The molecule has 15 heavy (non-hydrogen) atoms. The highest BCUT2D eigenvalue weighted by atomic mass is 35.5. The fourth-order valence-electron chi connectivity index (χ4n) is 1.47. The molecule has 0 saturated carbocycles. The van der Waals surface area contributed by atoms with Crippen LogP contribution in [0.3, 0.4) is 0 Å². The molecule has 0 radical (unpaired) electrons. The van der Waals surface area contributed by atoms with Gasteiger partial charge in [-0.1, -0.05) is 0 Å². The number of hydrogen-bond acceptors (Lipinski definition) is 2. The summed E-state index contributed by atoms with van der Waals surface area (Å²) in [7, 11) is -2.90. The Labute approximate surface area is 101 Å². The summed E-state index contributed by atoms with van der Waals surface area (Å²) in [5.74, 6) is 0.834. The lowest BCUT2D eigenvalue weighted by Gasteiger charge is -2.35. The topological polar surface area (TPSA) is 41.6 Å². The predicted octanol–water partition coefficient (Wildman–Crippen LogP) is 2.27. The van der Waals surface area contributed by atoms with E-state index in [-0.39, 0.29) is 6.04 Å². The number of rotatable bonds is 5. The van der Waals surface area contributed by atoms with Crippen LogP contribution in [-0.2, 0) is 9.09 Å². The van der Waals surface area contributed by atoms with Crippen LogP contribution in [0.4, 0.5) is 0 Å². The van der Waals surface area contributed by atoms with Crippen LogP contribution in [0.15, 0.2) is 0 Å². The lowest BCUT2D eigenvalue weighted by Crippen LogP contribution is -2.40. The number of halogens is 2. The van der Waals surface area contributed by atoms with Gasteiger partial charge in [0.25, 0.3) is 0 Å². The summed E-state index contributed by atoms with van der Waals surface area (Å²) in [6.45, 7) is 3.55. The second kappa shape index (κ2) is 6.43. The molecular formula is C8H17Cl2N2O2P. The van der Waals surface area contributed by atoms with Crippen LogP contribution in [-0.4, -0.2) is 42.2 Å². The van der Waals surface area contributed by atoms with Gasteiger partial charge in [-0.25, -0.2) is 9.76 Å². The Morgan fingerprint density at radius 2 is 2.07 bits per heavy atom. The fourth-order valence-corrected chi connectivity index (χ4v) is 4.28. The van der Waals surface area contributed by atoms with Gasteiger partial charge in [-0.2, -0.15) is 0 Å². The molecule has 0 spiro atoms. The van der Waals surface area contributed by atoms with Crippen molar-refractivity contribution in [3.63, 3.8) is 0 Å². The normalized spacial score (nSPS) is 32.1. The molecule has 1 heterocycles. The third-order valence-electron chi connectivity index (χ3n) is 2.26. The zero-order chi connectivity index (χ0) is 11.3. The maximum atomic E-state index is 12.4. The number of nitrogens with zero attached hydrogens (tertiary/aromatic N) is 1. The van der Waals surface area contributed by atoms with Gasteiger partial charge in [0.2, 0.25) is 0 Å². The molecule has 2 atom stereocenters. The minimum Gasteiger partial charge on any atom is -0.306 e. The molecule has 1 rings (SSSR count). The quantitative estimate of drug-likeness (QED) is 0.617. The van der Waals surface area contributed by atoms with Crippen molar-refractivity contribution in [2.75, 3.05) is 31.5 Å². The molecule has 0 aliphatic carbocycles. The molecule has 4 nitrogen and oxygen atoms in total. The van der Waals surface area contributed by atoms with E-state index in [0.717, 1.165) is 6.42 Å². The van der Waals surface area contributed by atoms with Crippen molar-refractivity contribution in [2.45, 2.75) is 19.4 Å². The minimum absolute atomic E-state index is 0.206. The average Bonchev–Trinajstić information content (AvgIpc) is 2.17. The van der Waals surface area contributed by atoms with Gasteiger partial charge in [0.15, 0.2) is 0 Å². The van der Waals surface area contributed by atoms with E-state index in [1.165, 1.54) is 0 Å². The zero-order valence-corrected chi connectivity index (χ0v) is 11.2. The largest absolute Gasteiger partial charge is 0.343 e. The van der Waals surface area contributed by atoms with E-state index in [0.29, 0.717) is 31.5 Å². The first-order chi connectivity index (χ1) is 7.12. The first-order valence-electron chi connectivity index (χ1n) is 5.02. The summed E-state index contributed by atoms with van der Waals surface area (Å²) in [4.78, 5) is 0. The van der Waals surface area contributed by atoms with Gasteiger partial charge in [0, 0.05) is 30.9 Å². The van der Waals surface area contributed by atoms with Crippen molar-refractivity contribution < 1.29 is 9.09 Å². The second-order valence-electron chi connectivity index (χ2n) is 3.50. The number of nitrogens with one attached hydrogen (secondary N) is 1. The van der Waals surface area contributed by atoms with E-state index >= 15 is 0 Å². The predicted molar refractivity (Wildman–Crippen MR) is 63.8 cm³/mol. The first kappa shape index (κ1) is 13.8. The van der Waals surface area contributed by atoms with Gasteiger partial charge in [0.05, 0.1) is 6.61 Å². The molecule has 1 N–H and O–H groups in total. The van der Waals surface area contributed by atoms with Gasteiger partial charge in [-0.05, 0) is 13.3 Å². The summed E-state index contributed by atoms with van der Waals surface area (Å²) >= 11 is 11.3. The monoisotopic (exact) mass is 274 g/mol. The van der Waals surface area contributed by atoms with Crippen molar-refractivity contribution in [3.8, 4) is 0 Å². The van der Waals surface area contributed by atoms with E-state index in [4.69, 9.17) is 27.7 Å². The van der Waals surface area contributed by atoms with Gasteiger partial charge >= 0.3 is 7.67 Å². The Balaban J connectivity index is 2.66. The molecule has 0 bridgehead atoms. The lowest BCUT2D eigenvalue weighted by molar-refractivity contribution is 0.215. The third kappa shape index (κ3) is 3.88. The Morgan fingerprint density at radius 3 is 2.53 bits per heavy atom. The average molecular weight is 275 g/mol. The molecular weight excluding hydrogens is 258 g/mol. The highest BCUT2D eigenvalue weighted by Crippen LogP contribution is 2.49. The molecule has 1 aliphatic rings. The standard InChI is InChI=1S/C8H17Cl2N2O2P/c1-8-2-7-14-15(13,11-8)12(5-3-9)6-4-10/h8H,2-7H2,1H3,(H,11,13)/t8-,15-/m0/s1. The van der Waals surface area contributed by atoms with Crippen molar-refractivity contribution in [1.82, 2.24) is 9.76 Å². The summed E-state index contributed by atoms with van der Waals surface area (Å²) in [6, 6.07) is 0.206.